The van der Waals surface area contributed by atoms with Gasteiger partial charge in [0.2, 0.25) is 5.91 Å². The number of carboxylic acid groups (broad SMARTS) is 1. The Bertz CT molecular complexity index is 238. The van der Waals surface area contributed by atoms with E-state index in [0.29, 0.717) is 13.2 Å². The summed E-state index contributed by atoms with van der Waals surface area (Å²) in [7, 11) is 0. The Balaban J connectivity index is 4.09. The molecule has 2 N–H and O–H groups in total. The fourth-order valence-corrected chi connectivity index (χ4v) is 0.898. The second kappa shape index (κ2) is 5.70. The van der Waals surface area contributed by atoms with Crippen molar-refractivity contribution in [2.75, 3.05) is 13.2 Å². The highest BCUT2D eigenvalue weighted by atomic mass is 16.5. The summed E-state index contributed by atoms with van der Waals surface area (Å²) >= 11 is 0. The maximum atomic E-state index is 11.5. The third-order valence-corrected chi connectivity index (χ3v) is 2.10. The van der Waals surface area contributed by atoms with Crippen LogP contribution in [0.5, 0.6) is 0 Å². The van der Waals surface area contributed by atoms with E-state index in [1.807, 2.05) is 13.8 Å². The van der Waals surface area contributed by atoms with Gasteiger partial charge >= 0.3 is 5.97 Å². The van der Waals surface area contributed by atoms with Crippen molar-refractivity contribution in [1.29, 1.82) is 0 Å². The van der Waals surface area contributed by atoms with Crippen molar-refractivity contribution in [1.82, 2.24) is 5.32 Å². The average molecular weight is 217 g/mol. The topological polar surface area (TPSA) is 75.6 Å². The van der Waals surface area contributed by atoms with Gasteiger partial charge in [-0.2, -0.15) is 0 Å². The van der Waals surface area contributed by atoms with Crippen LogP contribution in [0.25, 0.3) is 0 Å². The van der Waals surface area contributed by atoms with Gasteiger partial charge in [0.25, 0.3) is 0 Å². The molecule has 5 heteroatoms. The lowest BCUT2D eigenvalue weighted by molar-refractivity contribution is -0.153. The van der Waals surface area contributed by atoms with Crippen molar-refractivity contribution in [3.63, 3.8) is 0 Å². The van der Waals surface area contributed by atoms with Gasteiger partial charge in [-0.1, -0.05) is 0 Å². The van der Waals surface area contributed by atoms with E-state index in [2.05, 4.69) is 5.32 Å². The Hall–Kier alpha value is -1.10. The number of hydrogen-bond donors (Lipinski definition) is 2. The molecule has 0 aliphatic heterocycles. The van der Waals surface area contributed by atoms with Gasteiger partial charge in [0, 0.05) is 13.2 Å². The summed E-state index contributed by atoms with van der Waals surface area (Å²) in [6, 6.07) is 0. The highest BCUT2D eigenvalue weighted by molar-refractivity contribution is 6.00. The van der Waals surface area contributed by atoms with E-state index in [1.54, 1.807) is 0 Å². The van der Waals surface area contributed by atoms with Crippen molar-refractivity contribution in [3.8, 4) is 0 Å². The van der Waals surface area contributed by atoms with Gasteiger partial charge in [-0.05, 0) is 27.7 Å². The molecule has 0 spiro atoms. The predicted octanol–water partition coefficient (Wildman–Crippen LogP) is 0.638. The summed E-state index contributed by atoms with van der Waals surface area (Å²) in [6.45, 7) is 7.31. The molecule has 0 rings (SSSR count). The lowest BCUT2D eigenvalue weighted by atomic mass is 9.93. The fraction of sp³-hybridized carbons (Fsp3) is 0.800. The first kappa shape index (κ1) is 13.9. The second-order valence-electron chi connectivity index (χ2n) is 3.91. The van der Waals surface area contributed by atoms with Gasteiger partial charge in [0.15, 0.2) is 0 Å². The van der Waals surface area contributed by atoms with Gasteiger partial charge < -0.3 is 15.2 Å². The molecule has 0 saturated carbocycles. The zero-order chi connectivity index (χ0) is 12.1. The summed E-state index contributed by atoms with van der Waals surface area (Å²) in [4.78, 5) is 22.2. The van der Waals surface area contributed by atoms with Crippen molar-refractivity contribution in [2.45, 2.75) is 33.8 Å². The van der Waals surface area contributed by atoms with Crippen LogP contribution < -0.4 is 5.32 Å². The van der Waals surface area contributed by atoms with Crippen molar-refractivity contribution < 1.29 is 19.4 Å². The molecule has 1 amide bonds. The molecule has 0 aromatic carbocycles. The van der Waals surface area contributed by atoms with Crippen LogP contribution in [-0.4, -0.2) is 36.2 Å². The number of amides is 1. The number of ether oxygens (including phenoxy) is 1. The summed E-state index contributed by atoms with van der Waals surface area (Å²) in [6.07, 6.45) is -0.108. The molecular weight excluding hydrogens is 198 g/mol. The Morgan fingerprint density at radius 3 is 2.40 bits per heavy atom. The number of nitrogens with one attached hydrogen (secondary N) is 1. The van der Waals surface area contributed by atoms with Gasteiger partial charge in [0.05, 0.1) is 6.10 Å². The zero-order valence-electron chi connectivity index (χ0n) is 9.66. The SMILES string of the molecule is CCOC(C)CNC(=O)C(C)(C)C(=O)O. The van der Waals surface area contributed by atoms with Crippen LogP contribution in [0.3, 0.4) is 0 Å². The summed E-state index contributed by atoms with van der Waals surface area (Å²) in [5.41, 5.74) is -1.40. The third-order valence-electron chi connectivity index (χ3n) is 2.10. The van der Waals surface area contributed by atoms with E-state index in [9.17, 15) is 9.59 Å². The maximum absolute atomic E-state index is 11.5. The highest BCUT2D eigenvalue weighted by Crippen LogP contribution is 2.14. The van der Waals surface area contributed by atoms with Crippen LogP contribution in [0.15, 0.2) is 0 Å². The minimum atomic E-state index is -1.40. The molecule has 0 aromatic rings. The summed E-state index contributed by atoms with van der Waals surface area (Å²) in [5.74, 6) is -1.63. The van der Waals surface area contributed by atoms with Crippen LogP contribution >= 0.6 is 0 Å². The lowest BCUT2D eigenvalue weighted by Crippen LogP contribution is -2.44. The Morgan fingerprint density at radius 2 is 2.00 bits per heavy atom. The molecular formula is C10H19NO4. The quantitative estimate of drug-likeness (QED) is 0.640. The van der Waals surface area contributed by atoms with Crippen LogP contribution in [-0.2, 0) is 14.3 Å². The van der Waals surface area contributed by atoms with E-state index in [4.69, 9.17) is 9.84 Å². The van der Waals surface area contributed by atoms with Crippen LogP contribution in [0.1, 0.15) is 27.7 Å². The van der Waals surface area contributed by atoms with Gasteiger partial charge in [0.1, 0.15) is 5.41 Å². The first-order chi connectivity index (χ1) is 6.82. The van der Waals surface area contributed by atoms with E-state index in [-0.39, 0.29) is 6.10 Å². The molecule has 88 valence electrons. The van der Waals surface area contributed by atoms with Gasteiger partial charge in [-0.15, -0.1) is 0 Å². The second-order valence-corrected chi connectivity index (χ2v) is 3.91. The molecule has 5 nitrogen and oxygen atoms in total. The van der Waals surface area contributed by atoms with E-state index in [0.717, 1.165) is 0 Å². The maximum Gasteiger partial charge on any atom is 0.318 e. The standard InChI is InChI=1S/C10H19NO4/c1-5-15-7(2)6-11-8(12)10(3,4)9(13)14/h7H,5-6H2,1-4H3,(H,11,12)(H,13,14). The smallest absolute Gasteiger partial charge is 0.318 e. The van der Waals surface area contributed by atoms with Crippen molar-refractivity contribution in [3.05, 3.63) is 0 Å². The molecule has 0 aliphatic carbocycles. The largest absolute Gasteiger partial charge is 0.480 e. The number of carboxylic acids is 1. The Labute approximate surface area is 89.8 Å². The van der Waals surface area contributed by atoms with E-state index >= 15 is 0 Å². The molecule has 0 aliphatic rings. The van der Waals surface area contributed by atoms with Crippen LogP contribution in [0.2, 0.25) is 0 Å². The molecule has 1 unspecified atom stereocenters. The molecule has 0 bridgehead atoms. The van der Waals surface area contributed by atoms with Gasteiger partial charge in [-0.25, -0.2) is 0 Å². The number of carbonyl (C=O) groups is 2. The summed E-state index contributed by atoms with van der Waals surface area (Å²) < 4.78 is 5.20. The van der Waals surface area contributed by atoms with Crippen molar-refractivity contribution >= 4 is 11.9 Å². The average Bonchev–Trinajstić information content (AvgIpc) is 2.14. The van der Waals surface area contributed by atoms with Crippen LogP contribution in [0.4, 0.5) is 0 Å². The normalized spacial score (nSPS) is 13.3. The van der Waals surface area contributed by atoms with E-state index in [1.165, 1.54) is 13.8 Å². The van der Waals surface area contributed by atoms with Gasteiger partial charge in [-0.3, -0.25) is 9.59 Å². The molecule has 15 heavy (non-hydrogen) atoms. The molecule has 0 fully saturated rings. The summed E-state index contributed by atoms with van der Waals surface area (Å²) in [5, 5.41) is 11.3. The molecule has 0 heterocycles. The number of carbonyl (C=O) groups excluding carboxylic acids is 1. The number of aliphatic carboxylic acids is 1. The highest BCUT2D eigenvalue weighted by Gasteiger charge is 2.35. The third kappa shape index (κ3) is 4.29. The van der Waals surface area contributed by atoms with E-state index < -0.39 is 17.3 Å². The Kier molecular flexibility index (Phi) is 5.28. The molecule has 1 atom stereocenters. The Morgan fingerprint density at radius 1 is 1.47 bits per heavy atom. The van der Waals surface area contributed by atoms with Crippen LogP contribution in [0, 0.1) is 5.41 Å². The fourth-order valence-electron chi connectivity index (χ4n) is 0.898. The molecule has 0 saturated heterocycles. The number of hydrogen-bond acceptors (Lipinski definition) is 3. The first-order valence-corrected chi connectivity index (χ1v) is 4.95. The first-order valence-electron chi connectivity index (χ1n) is 4.95. The molecule has 0 radical (unpaired) electrons. The minimum Gasteiger partial charge on any atom is -0.480 e. The van der Waals surface area contributed by atoms with Crippen molar-refractivity contribution in [2.24, 2.45) is 5.41 Å². The molecule has 0 aromatic heterocycles. The minimum absolute atomic E-state index is 0.108. The predicted molar refractivity (Wildman–Crippen MR) is 55.5 cm³/mol. The zero-order valence-corrected chi connectivity index (χ0v) is 9.66. The number of rotatable bonds is 6. The monoisotopic (exact) mass is 217 g/mol. The lowest BCUT2D eigenvalue weighted by Gasteiger charge is -2.20.